The molecule has 4 nitrogen and oxygen atoms in total. The lowest BCUT2D eigenvalue weighted by Crippen LogP contribution is -2.60. The van der Waals surface area contributed by atoms with E-state index in [9.17, 15) is 4.79 Å². The number of carbonyl (C=O) groups is 1. The van der Waals surface area contributed by atoms with Gasteiger partial charge in [0.2, 0.25) is 0 Å². The molecular weight excluding hydrogens is 190 g/mol. The number of urea groups is 1. The van der Waals surface area contributed by atoms with E-state index in [2.05, 4.69) is 16.0 Å². The van der Waals surface area contributed by atoms with Crippen LogP contribution in [-0.4, -0.2) is 30.7 Å². The zero-order chi connectivity index (χ0) is 10.9. The molecule has 2 aliphatic rings. The summed E-state index contributed by atoms with van der Waals surface area (Å²) in [5, 5.41) is 9.35. The molecule has 2 rings (SSSR count). The van der Waals surface area contributed by atoms with Crippen molar-refractivity contribution in [2.24, 2.45) is 5.92 Å². The van der Waals surface area contributed by atoms with E-state index in [0.717, 1.165) is 19.0 Å². The molecule has 0 aromatic carbocycles. The van der Waals surface area contributed by atoms with E-state index >= 15 is 0 Å². The van der Waals surface area contributed by atoms with E-state index in [0.29, 0.717) is 0 Å². The van der Waals surface area contributed by atoms with Crippen molar-refractivity contribution in [1.82, 2.24) is 16.0 Å². The number of nitrogens with one attached hydrogen (secondary N) is 3. The number of carbonyl (C=O) groups excluding carboxylic acids is 1. The molecule has 1 saturated carbocycles. The van der Waals surface area contributed by atoms with Gasteiger partial charge < -0.3 is 16.0 Å². The second-order valence-corrected chi connectivity index (χ2v) is 5.09. The smallest absolute Gasteiger partial charge is 0.315 e. The van der Waals surface area contributed by atoms with Crippen LogP contribution in [0.4, 0.5) is 4.79 Å². The van der Waals surface area contributed by atoms with Gasteiger partial charge in [-0.3, -0.25) is 0 Å². The van der Waals surface area contributed by atoms with E-state index in [1.165, 1.54) is 19.3 Å². The van der Waals surface area contributed by atoms with Crippen LogP contribution in [0.15, 0.2) is 0 Å². The zero-order valence-corrected chi connectivity index (χ0v) is 9.60. The lowest BCUT2D eigenvalue weighted by molar-refractivity contribution is 0.134. The molecule has 1 saturated heterocycles. The van der Waals surface area contributed by atoms with Crippen molar-refractivity contribution in [3.05, 3.63) is 0 Å². The third-order valence-electron chi connectivity index (χ3n) is 3.67. The molecular formula is C11H21N3O. The summed E-state index contributed by atoms with van der Waals surface area (Å²) < 4.78 is 0. The van der Waals surface area contributed by atoms with Gasteiger partial charge >= 0.3 is 6.03 Å². The van der Waals surface area contributed by atoms with Gasteiger partial charge in [0.05, 0.1) is 0 Å². The summed E-state index contributed by atoms with van der Waals surface area (Å²) >= 11 is 0. The van der Waals surface area contributed by atoms with Crippen molar-refractivity contribution in [3.8, 4) is 0 Å². The van der Waals surface area contributed by atoms with Crippen molar-refractivity contribution < 1.29 is 4.79 Å². The average Bonchev–Trinajstić information content (AvgIpc) is 2.39. The Morgan fingerprint density at radius 3 is 2.87 bits per heavy atom. The van der Waals surface area contributed by atoms with Crippen LogP contribution in [0.2, 0.25) is 0 Å². The first-order chi connectivity index (χ1) is 7.12. The number of hydrogen-bond acceptors (Lipinski definition) is 2. The maximum Gasteiger partial charge on any atom is 0.315 e. The monoisotopic (exact) mass is 211 g/mol. The molecule has 0 radical (unpaired) electrons. The first kappa shape index (κ1) is 10.7. The van der Waals surface area contributed by atoms with Crippen LogP contribution in [0.25, 0.3) is 0 Å². The number of amides is 2. The van der Waals surface area contributed by atoms with Crippen molar-refractivity contribution in [3.63, 3.8) is 0 Å². The van der Waals surface area contributed by atoms with Gasteiger partial charge in [-0.1, -0.05) is 0 Å². The van der Waals surface area contributed by atoms with Gasteiger partial charge in [0.25, 0.3) is 0 Å². The fraction of sp³-hybridized carbons (Fsp3) is 0.909. The zero-order valence-electron chi connectivity index (χ0n) is 9.60. The van der Waals surface area contributed by atoms with Crippen molar-refractivity contribution in [1.29, 1.82) is 0 Å². The van der Waals surface area contributed by atoms with Gasteiger partial charge in [-0.15, -0.1) is 0 Å². The van der Waals surface area contributed by atoms with Crippen LogP contribution in [-0.2, 0) is 0 Å². The van der Waals surface area contributed by atoms with E-state index in [-0.39, 0.29) is 17.6 Å². The summed E-state index contributed by atoms with van der Waals surface area (Å²) in [6.07, 6.45) is 3.80. The Morgan fingerprint density at radius 1 is 1.53 bits per heavy atom. The maximum atomic E-state index is 11.4. The van der Waals surface area contributed by atoms with Gasteiger partial charge in [-0.2, -0.15) is 0 Å². The number of fused-ring (bicyclic) bond motifs is 1. The van der Waals surface area contributed by atoms with Crippen LogP contribution in [0, 0.1) is 5.92 Å². The van der Waals surface area contributed by atoms with Crippen LogP contribution < -0.4 is 16.0 Å². The highest BCUT2D eigenvalue weighted by molar-refractivity contribution is 5.74. The highest BCUT2D eigenvalue weighted by atomic mass is 16.2. The van der Waals surface area contributed by atoms with Crippen molar-refractivity contribution >= 4 is 6.03 Å². The van der Waals surface area contributed by atoms with Gasteiger partial charge in [-0.25, -0.2) is 4.79 Å². The molecule has 0 aromatic rings. The SMILES string of the molecule is CC(C)NC(=O)NCC12CCC1CCN2. The van der Waals surface area contributed by atoms with Crippen LogP contribution >= 0.6 is 0 Å². The fourth-order valence-electron chi connectivity index (χ4n) is 2.69. The summed E-state index contributed by atoms with van der Waals surface area (Å²) in [5.41, 5.74) is 0.230. The normalized spacial score (nSPS) is 33.4. The van der Waals surface area contributed by atoms with Gasteiger partial charge in [0.15, 0.2) is 0 Å². The van der Waals surface area contributed by atoms with E-state index in [1.807, 2.05) is 13.8 Å². The number of rotatable bonds is 3. The first-order valence-corrected chi connectivity index (χ1v) is 5.92. The van der Waals surface area contributed by atoms with Gasteiger partial charge in [-0.05, 0) is 45.6 Å². The molecule has 0 aromatic heterocycles. The molecule has 2 unspecified atom stereocenters. The number of hydrogen-bond donors (Lipinski definition) is 3. The van der Waals surface area contributed by atoms with Crippen LogP contribution in [0.1, 0.15) is 33.1 Å². The molecule has 0 bridgehead atoms. The molecule has 0 spiro atoms. The summed E-state index contributed by atoms with van der Waals surface area (Å²) in [6, 6.07) is 0.162. The molecule has 3 N–H and O–H groups in total. The molecule has 1 heterocycles. The van der Waals surface area contributed by atoms with E-state index in [4.69, 9.17) is 0 Å². The quantitative estimate of drug-likeness (QED) is 0.648. The Labute approximate surface area is 91.2 Å². The molecule has 1 aliphatic heterocycles. The standard InChI is InChI=1S/C11H21N3O/c1-8(2)14-10(15)12-7-11-5-3-9(11)4-6-13-11/h8-9,13H,3-7H2,1-2H3,(H2,12,14,15). The Hall–Kier alpha value is -0.770. The Bertz CT molecular complexity index is 254. The molecule has 2 fully saturated rings. The lowest BCUT2D eigenvalue weighted by Gasteiger charge is -2.45. The minimum atomic E-state index is -0.0428. The molecule has 2 atom stereocenters. The summed E-state index contributed by atoms with van der Waals surface area (Å²) in [7, 11) is 0. The second-order valence-electron chi connectivity index (χ2n) is 5.09. The Balaban J connectivity index is 1.76. The largest absolute Gasteiger partial charge is 0.336 e. The second kappa shape index (κ2) is 4.00. The topological polar surface area (TPSA) is 53.2 Å². The lowest BCUT2D eigenvalue weighted by atomic mass is 9.68. The molecule has 15 heavy (non-hydrogen) atoms. The molecule has 2 amide bonds. The summed E-state index contributed by atoms with van der Waals surface area (Å²) in [6.45, 7) is 5.82. The minimum absolute atomic E-state index is 0.0428. The van der Waals surface area contributed by atoms with E-state index < -0.39 is 0 Å². The third-order valence-corrected chi connectivity index (χ3v) is 3.67. The van der Waals surface area contributed by atoms with Crippen LogP contribution in [0.3, 0.4) is 0 Å². The van der Waals surface area contributed by atoms with Gasteiger partial charge in [0, 0.05) is 18.1 Å². The first-order valence-electron chi connectivity index (χ1n) is 5.92. The van der Waals surface area contributed by atoms with Gasteiger partial charge in [0.1, 0.15) is 0 Å². The highest BCUT2D eigenvalue weighted by Crippen LogP contribution is 2.43. The highest BCUT2D eigenvalue weighted by Gasteiger charge is 2.49. The van der Waals surface area contributed by atoms with Crippen LogP contribution in [0.5, 0.6) is 0 Å². The predicted molar refractivity (Wildman–Crippen MR) is 59.7 cm³/mol. The summed E-state index contributed by atoms with van der Waals surface area (Å²) in [4.78, 5) is 11.4. The van der Waals surface area contributed by atoms with Crippen molar-refractivity contribution in [2.45, 2.75) is 44.7 Å². The van der Waals surface area contributed by atoms with E-state index in [1.54, 1.807) is 0 Å². The van der Waals surface area contributed by atoms with Crippen molar-refractivity contribution in [2.75, 3.05) is 13.1 Å². The third kappa shape index (κ3) is 2.09. The maximum absolute atomic E-state index is 11.4. The predicted octanol–water partition coefficient (Wildman–Crippen LogP) is 0.836. The molecule has 86 valence electrons. The average molecular weight is 211 g/mol. The fourth-order valence-corrected chi connectivity index (χ4v) is 2.69. The minimum Gasteiger partial charge on any atom is -0.336 e. The summed E-state index contributed by atoms with van der Waals surface area (Å²) in [5.74, 6) is 0.789. The Kier molecular flexibility index (Phi) is 2.87. The Morgan fingerprint density at radius 2 is 2.33 bits per heavy atom. The molecule has 1 aliphatic carbocycles. The molecule has 4 heteroatoms.